The highest BCUT2D eigenvalue weighted by Crippen LogP contribution is 2.69. The van der Waals surface area contributed by atoms with Gasteiger partial charge in [-0.1, -0.05) is 13.8 Å². The van der Waals surface area contributed by atoms with Gasteiger partial charge in [-0.05, 0) is 101 Å². The maximum Gasteiger partial charge on any atom is 0.159 e. The van der Waals surface area contributed by atoms with Crippen molar-refractivity contribution < 1.29 is 30.0 Å². The van der Waals surface area contributed by atoms with E-state index in [2.05, 4.69) is 27.7 Å². The van der Waals surface area contributed by atoms with E-state index in [1.165, 1.54) is 0 Å². The molecule has 4 aliphatic carbocycles. The molecule has 6 nitrogen and oxygen atoms in total. The zero-order chi connectivity index (χ0) is 24.2. The van der Waals surface area contributed by atoms with Gasteiger partial charge in [-0.3, -0.25) is 4.79 Å². The first kappa shape index (κ1) is 23.9. The minimum absolute atomic E-state index is 0.00853. The van der Waals surface area contributed by atoms with Crippen LogP contribution in [0.2, 0.25) is 0 Å². The monoisotopic (exact) mass is 462 g/mol. The Morgan fingerprint density at radius 1 is 1.00 bits per heavy atom. The lowest BCUT2D eigenvalue weighted by molar-refractivity contribution is -0.188. The van der Waals surface area contributed by atoms with E-state index >= 15 is 0 Å². The number of hydrogen-bond acceptors (Lipinski definition) is 6. The van der Waals surface area contributed by atoms with Crippen LogP contribution in [0.4, 0.5) is 0 Å². The number of ketones is 1. The summed E-state index contributed by atoms with van der Waals surface area (Å²) in [6.07, 6.45) is 4.77. The van der Waals surface area contributed by atoms with Gasteiger partial charge in [0.2, 0.25) is 0 Å². The highest BCUT2D eigenvalue weighted by atomic mass is 16.5. The molecule has 186 valence electrons. The third-order valence-electron chi connectivity index (χ3n) is 10.9. The second kappa shape index (κ2) is 7.13. The Morgan fingerprint density at radius 2 is 1.70 bits per heavy atom. The van der Waals surface area contributed by atoms with E-state index in [9.17, 15) is 25.2 Å². The molecule has 1 heterocycles. The molecule has 0 aromatic heterocycles. The van der Waals surface area contributed by atoms with Crippen molar-refractivity contribution in [3.05, 3.63) is 11.6 Å². The van der Waals surface area contributed by atoms with E-state index < -0.39 is 34.2 Å². The summed E-state index contributed by atoms with van der Waals surface area (Å²) < 4.78 is 6.26. The second-order valence-electron chi connectivity index (χ2n) is 13.2. The molecule has 4 N–H and O–H groups in total. The van der Waals surface area contributed by atoms with Crippen LogP contribution in [-0.2, 0) is 9.53 Å². The lowest BCUT2D eigenvalue weighted by Gasteiger charge is -2.60. The summed E-state index contributed by atoms with van der Waals surface area (Å²) in [6.45, 7) is 10.2. The highest BCUT2D eigenvalue weighted by molar-refractivity contribution is 5.95. The molecule has 0 amide bonds. The molecule has 3 saturated carbocycles. The largest absolute Gasteiger partial charge is 0.390 e. The number of hydrogen-bond donors (Lipinski definition) is 4. The highest BCUT2D eigenvalue weighted by Gasteiger charge is 2.69. The Labute approximate surface area is 197 Å². The Kier molecular flexibility index (Phi) is 5.17. The van der Waals surface area contributed by atoms with Crippen LogP contribution < -0.4 is 0 Å². The predicted octanol–water partition coefficient (Wildman–Crippen LogP) is 2.90. The second-order valence-corrected chi connectivity index (χ2v) is 13.2. The first-order valence-corrected chi connectivity index (χ1v) is 12.9. The van der Waals surface area contributed by atoms with Gasteiger partial charge in [0.05, 0.1) is 35.1 Å². The topological polar surface area (TPSA) is 107 Å². The van der Waals surface area contributed by atoms with Crippen molar-refractivity contribution in [2.24, 2.45) is 28.6 Å². The zero-order valence-electron chi connectivity index (χ0n) is 20.8. The van der Waals surface area contributed by atoms with Gasteiger partial charge in [-0.25, -0.2) is 0 Å². The fourth-order valence-electron chi connectivity index (χ4n) is 8.93. The van der Waals surface area contributed by atoms with E-state index in [0.29, 0.717) is 19.3 Å². The van der Waals surface area contributed by atoms with Gasteiger partial charge in [0.15, 0.2) is 5.78 Å². The van der Waals surface area contributed by atoms with Crippen LogP contribution in [0.5, 0.6) is 0 Å². The first-order chi connectivity index (χ1) is 15.2. The number of aliphatic hydroxyl groups excluding tert-OH is 2. The molecule has 5 aliphatic rings. The van der Waals surface area contributed by atoms with Crippen molar-refractivity contribution in [3.8, 4) is 0 Å². The fraction of sp³-hybridized carbons (Fsp3) is 0.889. The molecule has 4 fully saturated rings. The summed E-state index contributed by atoms with van der Waals surface area (Å²) in [5.41, 5.74) is -2.73. The molecule has 0 spiro atoms. The van der Waals surface area contributed by atoms with Gasteiger partial charge in [-0.2, -0.15) is 0 Å². The maximum atomic E-state index is 13.3. The van der Waals surface area contributed by atoms with Crippen LogP contribution in [0, 0.1) is 28.6 Å². The normalized spacial score (nSPS) is 53.0. The lowest BCUT2D eigenvalue weighted by atomic mass is 9.45. The van der Waals surface area contributed by atoms with E-state index in [1.807, 2.05) is 6.92 Å². The van der Waals surface area contributed by atoms with Gasteiger partial charge in [0.25, 0.3) is 0 Å². The van der Waals surface area contributed by atoms with Crippen molar-refractivity contribution in [2.75, 3.05) is 0 Å². The summed E-state index contributed by atoms with van der Waals surface area (Å²) in [7, 11) is 0. The Balaban J connectivity index is 1.51. The number of fused-ring (bicyclic) bond motifs is 5. The third kappa shape index (κ3) is 3.13. The maximum absolute atomic E-state index is 13.3. The minimum Gasteiger partial charge on any atom is -0.390 e. The quantitative estimate of drug-likeness (QED) is 0.503. The van der Waals surface area contributed by atoms with Crippen molar-refractivity contribution in [2.45, 2.75) is 121 Å². The molecular weight excluding hydrogens is 420 g/mol. The van der Waals surface area contributed by atoms with Crippen molar-refractivity contribution >= 4 is 5.78 Å². The van der Waals surface area contributed by atoms with E-state index in [-0.39, 0.29) is 41.7 Å². The fourth-order valence-corrected chi connectivity index (χ4v) is 8.93. The molecule has 5 rings (SSSR count). The number of ether oxygens (including phenoxy) is 1. The third-order valence-corrected chi connectivity index (χ3v) is 10.9. The Bertz CT molecular complexity index is 878. The average Bonchev–Trinajstić information content (AvgIpc) is 3.21. The summed E-state index contributed by atoms with van der Waals surface area (Å²) >= 11 is 0. The molecule has 10 atom stereocenters. The number of carbonyl (C=O) groups excluding carboxylic acids is 1. The van der Waals surface area contributed by atoms with E-state index in [0.717, 1.165) is 31.3 Å². The minimum atomic E-state index is -1.16. The zero-order valence-corrected chi connectivity index (χ0v) is 20.8. The molecule has 1 saturated heterocycles. The van der Waals surface area contributed by atoms with Crippen LogP contribution in [0.3, 0.4) is 0 Å². The molecule has 0 unspecified atom stereocenters. The molecule has 0 aromatic rings. The summed E-state index contributed by atoms with van der Waals surface area (Å²) in [5, 5.41) is 44.9. The number of carbonyl (C=O) groups is 1. The van der Waals surface area contributed by atoms with Crippen LogP contribution in [-0.4, -0.2) is 61.3 Å². The number of aliphatic hydroxyl groups is 4. The molecule has 6 heteroatoms. The van der Waals surface area contributed by atoms with Gasteiger partial charge in [0.1, 0.15) is 0 Å². The Morgan fingerprint density at radius 3 is 2.33 bits per heavy atom. The number of rotatable bonds is 2. The van der Waals surface area contributed by atoms with Gasteiger partial charge >= 0.3 is 0 Å². The molecule has 33 heavy (non-hydrogen) atoms. The summed E-state index contributed by atoms with van der Waals surface area (Å²) in [4.78, 5) is 13.3. The molecule has 1 aliphatic heterocycles. The smallest absolute Gasteiger partial charge is 0.159 e. The van der Waals surface area contributed by atoms with Crippen LogP contribution in [0.25, 0.3) is 0 Å². The molecular formula is C27H42O6. The summed E-state index contributed by atoms with van der Waals surface area (Å²) in [6, 6.07) is 0. The molecule has 0 radical (unpaired) electrons. The van der Waals surface area contributed by atoms with Crippen molar-refractivity contribution in [3.63, 3.8) is 0 Å². The average molecular weight is 463 g/mol. The summed E-state index contributed by atoms with van der Waals surface area (Å²) in [5.74, 6) is -0.517. The van der Waals surface area contributed by atoms with Crippen LogP contribution in [0.1, 0.15) is 86.0 Å². The first-order valence-electron chi connectivity index (χ1n) is 12.9. The van der Waals surface area contributed by atoms with Crippen LogP contribution >= 0.6 is 0 Å². The van der Waals surface area contributed by atoms with E-state index in [1.54, 1.807) is 6.08 Å². The standard InChI is InChI=1S/C27H42O6/c1-23(2)9-8-22(33-23)26(5,31)21-7-11-27(32)16-12-18(28)17-13-19(29)20(30)14-24(17,3)15(16)6-10-25(21,27)4/h12,15,17,19-22,29-32H,6-11,13-14H2,1-5H3/t15-,17-,19+,20-,21-,22-,24+,25+,26+,27+/m0/s1. The van der Waals surface area contributed by atoms with Gasteiger partial charge < -0.3 is 25.2 Å². The van der Waals surface area contributed by atoms with Gasteiger partial charge in [0, 0.05) is 11.3 Å². The lowest BCUT2D eigenvalue weighted by Crippen LogP contribution is -2.62. The molecule has 0 bridgehead atoms. The van der Waals surface area contributed by atoms with E-state index in [4.69, 9.17) is 4.74 Å². The Hall–Kier alpha value is -0.790. The SMILES string of the molecule is CC1(C)CC[C@@H]([C@](C)(O)[C@H]2CC[C@@]3(O)C4=CC(=O)[C@@H]5C[C@@H](O)[C@@H](O)C[C@]5(C)[C@H]4CC[C@]23C)O1. The predicted molar refractivity (Wildman–Crippen MR) is 123 cm³/mol. The molecule has 0 aromatic carbocycles. The number of allylic oxidation sites excluding steroid dienone is 1. The van der Waals surface area contributed by atoms with Crippen molar-refractivity contribution in [1.82, 2.24) is 0 Å². The van der Waals surface area contributed by atoms with Crippen molar-refractivity contribution in [1.29, 1.82) is 0 Å². The van der Waals surface area contributed by atoms with Crippen LogP contribution in [0.15, 0.2) is 11.6 Å². The van der Waals surface area contributed by atoms with Gasteiger partial charge in [-0.15, -0.1) is 0 Å².